The Morgan fingerprint density at radius 2 is 1.82 bits per heavy atom. The third-order valence-corrected chi connectivity index (χ3v) is 10.3. The molecule has 0 radical (unpaired) electrons. The van der Waals surface area contributed by atoms with Crippen molar-refractivity contribution in [2.75, 3.05) is 26.9 Å². The number of carbonyl (C=O) groups excluding carboxylic acids is 1. The summed E-state index contributed by atoms with van der Waals surface area (Å²) in [5.41, 5.74) is 1.13. The molecule has 3 saturated heterocycles. The summed E-state index contributed by atoms with van der Waals surface area (Å²) in [6, 6.07) is 11.1. The van der Waals surface area contributed by atoms with Gasteiger partial charge in [0.15, 0.2) is 11.6 Å². The molecule has 0 spiro atoms. The van der Waals surface area contributed by atoms with Gasteiger partial charge in [-0.15, -0.1) is 0 Å². The first-order chi connectivity index (χ1) is 18.9. The van der Waals surface area contributed by atoms with Gasteiger partial charge < -0.3 is 33.7 Å². The summed E-state index contributed by atoms with van der Waals surface area (Å²) in [7, 11) is 0.495. The Labute approximate surface area is 241 Å². The van der Waals surface area contributed by atoms with E-state index in [4.69, 9.17) is 28.4 Å². The summed E-state index contributed by atoms with van der Waals surface area (Å²) in [6.45, 7) is 15.3. The Morgan fingerprint density at radius 3 is 2.52 bits per heavy atom. The first kappa shape index (κ1) is 31.4. The number of nitrogens with one attached hydrogen (secondary N) is 1. The van der Waals surface area contributed by atoms with Crippen LogP contribution in [-0.2, 0) is 35.0 Å². The largest absolute Gasteiger partial charge is 0.450 e. The van der Waals surface area contributed by atoms with Crippen molar-refractivity contribution in [3.8, 4) is 0 Å². The Morgan fingerprint density at radius 1 is 1.10 bits per heavy atom. The summed E-state index contributed by atoms with van der Waals surface area (Å²) in [6.07, 6.45) is 2.50. The Kier molecular flexibility index (Phi) is 10.4. The van der Waals surface area contributed by atoms with E-state index in [-0.39, 0.29) is 36.2 Å². The highest BCUT2D eigenvalue weighted by Crippen LogP contribution is 2.50. The number of methoxy groups -OCH3 is 1. The molecule has 4 rings (SSSR count). The third-order valence-electron chi connectivity index (χ3n) is 8.55. The van der Waals surface area contributed by atoms with E-state index in [9.17, 15) is 4.79 Å². The van der Waals surface area contributed by atoms with Crippen molar-refractivity contribution in [1.82, 2.24) is 5.32 Å². The highest BCUT2D eigenvalue weighted by Gasteiger charge is 2.61. The molecule has 3 fully saturated rings. The van der Waals surface area contributed by atoms with Crippen LogP contribution in [0.3, 0.4) is 0 Å². The standard InChI is InChI=1S/C31H51NO7Si/c1-22-16-26-28-27(38-30(17-22,37-26)21-35-20-25-11-9-8-10-12-25)18-31(34-4,39-28)24(3)15-23(2)19-32-29(33)36-13-14-40(5,6)7/h8-12,22-24,26-28H,13-21H2,1-7H3,(H,32,33)/t22-,23+,24-,26+,27+,28+,30-,31?/m0/s1. The van der Waals surface area contributed by atoms with Crippen LogP contribution in [0.4, 0.5) is 4.79 Å². The molecule has 8 atom stereocenters. The molecule has 1 N–H and O–H groups in total. The number of hydrogen-bond donors (Lipinski definition) is 1. The van der Waals surface area contributed by atoms with Crippen molar-refractivity contribution >= 4 is 14.2 Å². The predicted octanol–water partition coefficient (Wildman–Crippen LogP) is 5.97. The van der Waals surface area contributed by atoms with Gasteiger partial charge in [0, 0.05) is 40.5 Å². The minimum absolute atomic E-state index is 0.0583. The number of hydrogen-bond acceptors (Lipinski definition) is 7. The minimum Gasteiger partial charge on any atom is -0.450 e. The zero-order valence-electron chi connectivity index (χ0n) is 25.6. The Balaban J connectivity index is 1.31. The highest BCUT2D eigenvalue weighted by molar-refractivity contribution is 6.76. The smallest absolute Gasteiger partial charge is 0.407 e. The molecule has 226 valence electrons. The zero-order chi connectivity index (χ0) is 29.0. The van der Waals surface area contributed by atoms with E-state index < -0.39 is 19.6 Å². The fourth-order valence-electron chi connectivity index (χ4n) is 6.41. The van der Waals surface area contributed by atoms with E-state index in [0.717, 1.165) is 30.9 Å². The van der Waals surface area contributed by atoms with Crippen LogP contribution in [0.2, 0.25) is 25.7 Å². The van der Waals surface area contributed by atoms with Crippen molar-refractivity contribution in [3.05, 3.63) is 35.9 Å². The van der Waals surface area contributed by atoms with Gasteiger partial charge in [-0.05, 0) is 36.3 Å². The van der Waals surface area contributed by atoms with Crippen molar-refractivity contribution in [1.29, 1.82) is 0 Å². The van der Waals surface area contributed by atoms with Gasteiger partial charge in [0.1, 0.15) is 12.7 Å². The van der Waals surface area contributed by atoms with Crippen LogP contribution in [0.15, 0.2) is 30.3 Å². The van der Waals surface area contributed by atoms with E-state index in [1.54, 1.807) is 7.11 Å². The topological polar surface area (TPSA) is 84.5 Å². The molecule has 3 aliphatic rings. The van der Waals surface area contributed by atoms with E-state index in [0.29, 0.717) is 38.7 Å². The zero-order valence-corrected chi connectivity index (χ0v) is 26.6. The fourth-order valence-corrected chi connectivity index (χ4v) is 7.13. The molecule has 9 heteroatoms. The molecule has 1 amide bonds. The normalized spacial score (nSPS) is 33.2. The van der Waals surface area contributed by atoms with E-state index >= 15 is 0 Å². The van der Waals surface area contributed by atoms with Crippen LogP contribution in [0.25, 0.3) is 0 Å². The number of ether oxygens (including phenoxy) is 6. The van der Waals surface area contributed by atoms with Crippen molar-refractivity contribution in [2.24, 2.45) is 17.8 Å². The number of fused-ring (bicyclic) bond motifs is 4. The molecular formula is C31H51NO7Si. The maximum absolute atomic E-state index is 12.2. The summed E-state index contributed by atoms with van der Waals surface area (Å²) in [5, 5.41) is 2.93. The number of amides is 1. The van der Waals surface area contributed by atoms with Crippen molar-refractivity contribution in [2.45, 2.75) is 109 Å². The van der Waals surface area contributed by atoms with Gasteiger partial charge in [-0.1, -0.05) is 70.7 Å². The number of carbonyl (C=O) groups is 1. The van der Waals surface area contributed by atoms with Crippen molar-refractivity contribution < 1.29 is 33.2 Å². The molecular weight excluding hydrogens is 526 g/mol. The van der Waals surface area contributed by atoms with Crippen LogP contribution in [0.1, 0.15) is 52.0 Å². The van der Waals surface area contributed by atoms with Gasteiger partial charge in [0.25, 0.3) is 0 Å². The van der Waals surface area contributed by atoms with Gasteiger partial charge in [-0.3, -0.25) is 0 Å². The molecule has 3 heterocycles. The van der Waals surface area contributed by atoms with Crippen LogP contribution < -0.4 is 5.32 Å². The van der Waals surface area contributed by atoms with Crippen molar-refractivity contribution in [3.63, 3.8) is 0 Å². The average molecular weight is 578 g/mol. The maximum Gasteiger partial charge on any atom is 0.407 e. The first-order valence-corrected chi connectivity index (χ1v) is 18.7. The molecule has 40 heavy (non-hydrogen) atoms. The molecule has 0 aromatic heterocycles. The van der Waals surface area contributed by atoms with E-state index in [2.05, 4.69) is 57.9 Å². The van der Waals surface area contributed by atoms with E-state index in [1.165, 1.54) is 0 Å². The van der Waals surface area contributed by atoms with Gasteiger partial charge in [-0.25, -0.2) is 4.79 Å². The van der Waals surface area contributed by atoms with Crippen LogP contribution in [-0.4, -0.2) is 70.9 Å². The van der Waals surface area contributed by atoms with E-state index in [1.807, 2.05) is 18.2 Å². The molecule has 1 aromatic rings. The minimum atomic E-state index is -1.23. The molecule has 0 aliphatic carbocycles. The number of alkyl carbamates (subject to hydrolysis) is 1. The van der Waals surface area contributed by atoms with Gasteiger partial charge >= 0.3 is 6.09 Å². The van der Waals surface area contributed by atoms with Crippen LogP contribution >= 0.6 is 0 Å². The SMILES string of the molecule is COC1([C@@H](C)C[C@@H](C)CNC(=O)OCC[Si](C)(C)C)C[C@H]2O[C@]3(COCc4ccccc4)C[C@@H](C)C[C@@H](O3)[C@H]2O1. The predicted molar refractivity (Wildman–Crippen MR) is 157 cm³/mol. The molecule has 1 unspecified atom stereocenters. The monoisotopic (exact) mass is 577 g/mol. The summed E-state index contributed by atoms with van der Waals surface area (Å²) in [4.78, 5) is 12.2. The number of benzene rings is 1. The van der Waals surface area contributed by atoms with Gasteiger partial charge in [-0.2, -0.15) is 0 Å². The Hall–Kier alpha value is -1.49. The quantitative estimate of drug-likeness (QED) is 0.289. The Bertz CT molecular complexity index is 959. The van der Waals surface area contributed by atoms with Crippen LogP contribution in [0.5, 0.6) is 0 Å². The molecule has 3 aliphatic heterocycles. The number of rotatable bonds is 13. The summed E-state index contributed by atoms with van der Waals surface area (Å²) in [5.74, 6) is -0.768. The fraction of sp³-hybridized carbons (Fsp3) is 0.774. The molecule has 1 aromatic carbocycles. The molecule has 0 saturated carbocycles. The first-order valence-electron chi connectivity index (χ1n) is 15.0. The van der Waals surface area contributed by atoms with Crippen LogP contribution in [0, 0.1) is 17.8 Å². The second-order valence-electron chi connectivity index (χ2n) is 13.6. The third kappa shape index (κ3) is 8.07. The average Bonchev–Trinajstić information content (AvgIpc) is 3.27. The van der Waals surface area contributed by atoms with Gasteiger partial charge in [0.2, 0.25) is 0 Å². The lowest BCUT2D eigenvalue weighted by Crippen LogP contribution is -2.61. The second kappa shape index (κ2) is 13.2. The molecule has 2 bridgehead atoms. The maximum atomic E-state index is 12.2. The second-order valence-corrected chi connectivity index (χ2v) is 19.2. The summed E-state index contributed by atoms with van der Waals surface area (Å²) >= 11 is 0. The highest BCUT2D eigenvalue weighted by atomic mass is 28.3. The molecule has 8 nitrogen and oxygen atoms in total. The summed E-state index contributed by atoms with van der Waals surface area (Å²) < 4.78 is 37.6. The lowest BCUT2D eigenvalue weighted by Gasteiger charge is -2.51. The lowest BCUT2D eigenvalue weighted by atomic mass is 9.84. The lowest BCUT2D eigenvalue weighted by molar-refractivity contribution is -0.379. The van der Waals surface area contributed by atoms with Gasteiger partial charge in [0.05, 0.1) is 25.4 Å².